The van der Waals surface area contributed by atoms with Gasteiger partial charge in [0.2, 0.25) is 0 Å². The summed E-state index contributed by atoms with van der Waals surface area (Å²) in [5, 5.41) is 2.62. The predicted molar refractivity (Wildman–Crippen MR) is 74.6 cm³/mol. The fourth-order valence-corrected chi connectivity index (χ4v) is 2.08. The summed E-state index contributed by atoms with van der Waals surface area (Å²) >= 11 is 5.68. The van der Waals surface area contributed by atoms with E-state index in [1.54, 1.807) is 35.1 Å². The van der Waals surface area contributed by atoms with Crippen molar-refractivity contribution in [3.63, 3.8) is 0 Å². The highest BCUT2D eigenvalue weighted by atomic mass is 35.5. The smallest absolute Gasteiger partial charge is 0.259 e. The van der Waals surface area contributed by atoms with Crippen LogP contribution in [-0.2, 0) is 0 Å². The molecule has 0 aliphatic heterocycles. The van der Waals surface area contributed by atoms with Crippen molar-refractivity contribution in [2.45, 2.75) is 0 Å². The molecule has 3 aromatic rings. The zero-order valence-corrected chi connectivity index (χ0v) is 10.9. The van der Waals surface area contributed by atoms with Crippen molar-refractivity contribution in [3.8, 4) is 0 Å². The number of benzene rings is 1. The normalized spacial score (nSPS) is 10.7. The maximum absolute atomic E-state index is 13.1. The van der Waals surface area contributed by atoms with Gasteiger partial charge >= 0.3 is 0 Å². The van der Waals surface area contributed by atoms with E-state index in [-0.39, 0.29) is 10.9 Å². The van der Waals surface area contributed by atoms with Crippen molar-refractivity contribution in [3.05, 3.63) is 65.3 Å². The first-order valence-electron chi connectivity index (χ1n) is 5.83. The van der Waals surface area contributed by atoms with Gasteiger partial charge in [-0.25, -0.2) is 9.37 Å². The Morgan fingerprint density at radius 2 is 2.15 bits per heavy atom. The van der Waals surface area contributed by atoms with E-state index < -0.39 is 5.82 Å². The molecule has 0 atom stereocenters. The first-order valence-corrected chi connectivity index (χ1v) is 6.21. The summed E-state index contributed by atoms with van der Waals surface area (Å²) in [6.45, 7) is 0. The summed E-state index contributed by atoms with van der Waals surface area (Å²) in [6.07, 6.45) is 5.16. The van der Waals surface area contributed by atoms with Crippen LogP contribution in [0.3, 0.4) is 0 Å². The van der Waals surface area contributed by atoms with E-state index in [2.05, 4.69) is 10.3 Å². The van der Waals surface area contributed by atoms with Crippen LogP contribution in [0.25, 0.3) is 5.65 Å². The number of rotatable bonds is 2. The maximum atomic E-state index is 13.1. The number of nitrogens with zero attached hydrogens (tertiary/aromatic N) is 2. The van der Waals surface area contributed by atoms with Gasteiger partial charge in [-0.3, -0.25) is 4.79 Å². The molecule has 0 saturated carbocycles. The second-order valence-electron chi connectivity index (χ2n) is 4.16. The summed E-state index contributed by atoms with van der Waals surface area (Å²) in [5.41, 5.74) is 1.41. The molecule has 6 heteroatoms. The third kappa shape index (κ3) is 2.23. The number of aromatic nitrogens is 2. The number of amides is 1. The first kappa shape index (κ1) is 12.6. The predicted octanol–water partition coefficient (Wildman–Crippen LogP) is 3.38. The second-order valence-corrected chi connectivity index (χ2v) is 4.57. The number of hydrogen-bond donors (Lipinski definition) is 1. The highest BCUT2D eigenvalue weighted by Crippen LogP contribution is 2.20. The van der Waals surface area contributed by atoms with Crippen molar-refractivity contribution < 1.29 is 9.18 Å². The van der Waals surface area contributed by atoms with E-state index in [0.29, 0.717) is 16.9 Å². The quantitative estimate of drug-likeness (QED) is 0.786. The number of imidazole rings is 1. The molecule has 0 fully saturated rings. The topological polar surface area (TPSA) is 46.4 Å². The Bertz CT molecular complexity index is 800. The minimum atomic E-state index is -0.528. The third-order valence-corrected chi connectivity index (χ3v) is 3.13. The molecule has 0 saturated heterocycles. The molecule has 1 amide bonds. The maximum Gasteiger partial charge on any atom is 0.259 e. The third-order valence-electron chi connectivity index (χ3n) is 2.84. The lowest BCUT2D eigenvalue weighted by molar-refractivity contribution is 0.102. The van der Waals surface area contributed by atoms with Crippen LogP contribution in [0.5, 0.6) is 0 Å². The van der Waals surface area contributed by atoms with E-state index >= 15 is 0 Å². The van der Waals surface area contributed by atoms with E-state index in [0.717, 1.165) is 0 Å². The Labute approximate surface area is 118 Å². The van der Waals surface area contributed by atoms with Gasteiger partial charge < -0.3 is 9.72 Å². The fraction of sp³-hybridized carbons (Fsp3) is 0. The molecule has 0 spiro atoms. The number of hydrogen-bond acceptors (Lipinski definition) is 2. The zero-order chi connectivity index (χ0) is 14.1. The number of halogens is 2. The van der Waals surface area contributed by atoms with Gasteiger partial charge in [0.05, 0.1) is 10.6 Å². The number of nitrogens with one attached hydrogen (secondary N) is 1. The van der Waals surface area contributed by atoms with E-state index in [1.165, 1.54) is 18.2 Å². The second kappa shape index (κ2) is 4.94. The number of anilines is 1. The van der Waals surface area contributed by atoms with E-state index in [1.807, 2.05) is 0 Å². The van der Waals surface area contributed by atoms with Gasteiger partial charge in [0.1, 0.15) is 11.5 Å². The average molecular weight is 290 g/mol. The molecule has 3 rings (SSSR count). The van der Waals surface area contributed by atoms with Crippen molar-refractivity contribution in [1.29, 1.82) is 0 Å². The van der Waals surface area contributed by atoms with Gasteiger partial charge in [-0.1, -0.05) is 11.6 Å². The molecule has 0 unspecified atom stereocenters. The van der Waals surface area contributed by atoms with Crippen molar-refractivity contribution >= 4 is 28.8 Å². The molecular weight excluding hydrogens is 281 g/mol. The zero-order valence-electron chi connectivity index (χ0n) is 10.2. The van der Waals surface area contributed by atoms with Crippen molar-refractivity contribution in [2.24, 2.45) is 0 Å². The van der Waals surface area contributed by atoms with Gasteiger partial charge in [0.15, 0.2) is 0 Å². The van der Waals surface area contributed by atoms with Crippen LogP contribution in [0.2, 0.25) is 5.02 Å². The number of pyridine rings is 1. The summed E-state index contributed by atoms with van der Waals surface area (Å²) < 4.78 is 14.8. The molecule has 1 N–H and O–H groups in total. The van der Waals surface area contributed by atoms with Gasteiger partial charge in [-0.15, -0.1) is 0 Å². The standard InChI is InChI=1S/C14H9ClFN3O/c15-11-8-9(3-4-12(11)16)18-14(20)10-2-1-6-19-7-5-17-13(10)19/h1-8H,(H,18,20). The molecule has 2 heterocycles. The Balaban J connectivity index is 1.93. The fourth-order valence-electron chi connectivity index (χ4n) is 1.90. The van der Waals surface area contributed by atoms with E-state index in [9.17, 15) is 9.18 Å². The monoisotopic (exact) mass is 289 g/mol. The van der Waals surface area contributed by atoms with Crippen LogP contribution in [-0.4, -0.2) is 15.3 Å². The number of carbonyl (C=O) groups is 1. The minimum Gasteiger partial charge on any atom is -0.322 e. The molecule has 0 aliphatic rings. The molecule has 4 nitrogen and oxygen atoms in total. The first-order chi connectivity index (χ1) is 9.65. The van der Waals surface area contributed by atoms with Crippen molar-refractivity contribution in [1.82, 2.24) is 9.38 Å². The van der Waals surface area contributed by atoms with Crippen LogP contribution in [0, 0.1) is 5.82 Å². The summed E-state index contributed by atoms with van der Waals surface area (Å²) in [4.78, 5) is 16.4. The van der Waals surface area contributed by atoms with Crippen LogP contribution in [0.4, 0.5) is 10.1 Å². The lowest BCUT2D eigenvalue weighted by Gasteiger charge is -2.07. The Morgan fingerprint density at radius 1 is 1.30 bits per heavy atom. The summed E-state index contributed by atoms with van der Waals surface area (Å²) in [5.74, 6) is -0.857. The number of carbonyl (C=O) groups excluding carboxylic acids is 1. The highest BCUT2D eigenvalue weighted by molar-refractivity contribution is 6.31. The molecule has 2 aromatic heterocycles. The van der Waals surface area contributed by atoms with Crippen LogP contribution >= 0.6 is 11.6 Å². The van der Waals surface area contributed by atoms with Gasteiger partial charge in [-0.2, -0.15) is 0 Å². The highest BCUT2D eigenvalue weighted by Gasteiger charge is 2.12. The molecule has 0 radical (unpaired) electrons. The molecule has 100 valence electrons. The molecule has 0 aliphatic carbocycles. The summed E-state index contributed by atoms with van der Waals surface area (Å²) in [7, 11) is 0. The SMILES string of the molecule is O=C(Nc1ccc(F)c(Cl)c1)c1cccn2ccnc12. The number of fused-ring (bicyclic) bond motifs is 1. The minimum absolute atomic E-state index is 0.0400. The largest absolute Gasteiger partial charge is 0.322 e. The van der Waals surface area contributed by atoms with Gasteiger partial charge in [-0.05, 0) is 30.3 Å². The van der Waals surface area contributed by atoms with Crippen LogP contribution in [0.15, 0.2) is 48.9 Å². The summed E-state index contributed by atoms with van der Waals surface area (Å²) in [6, 6.07) is 7.43. The average Bonchev–Trinajstić information content (AvgIpc) is 2.91. The van der Waals surface area contributed by atoms with E-state index in [4.69, 9.17) is 11.6 Å². The van der Waals surface area contributed by atoms with Gasteiger partial charge in [0.25, 0.3) is 5.91 Å². The Morgan fingerprint density at radius 3 is 2.95 bits per heavy atom. The van der Waals surface area contributed by atoms with Crippen LogP contribution < -0.4 is 5.32 Å². The molecule has 20 heavy (non-hydrogen) atoms. The molecule has 1 aromatic carbocycles. The van der Waals surface area contributed by atoms with Crippen LogP contribution in [0.1, 0.15) is 10.4 Å². The lowest BCUT2D eigenvalue weighted by Crippen LogP contribution is -2.13. The molecule has 0 bridgehead atoms. The molecular formula is C14H9ClFN3O. The Hall–Kier alpha value is -2.40. The van der Waals surface area contributed by atoms with Crippen molar-refractivity contribution in [2.75, 3.05) is 5.32 Å². The lowest BCUT2D eigenvalue weighted by atomic mass is 10.2. The van der Waals surface area contributed by atoms with Gasteiger partial charge in [0, 0.05) is 24.3 Å². The Kier molecular flexibility index (Phi) is 3.12.